The number of nitrogens with one attached hydrogen (secondary N) is 1. The van der Waals surface area contributed by atoms with Crippen LogP contribution in [0.4, 0.5) is 0 Å². The van der Waals surface area contributed by atoms with E-state index in [0.29, 0.717) is 39.4 Å². The van der Waals surface area contributed by atoms with Gasteiger partial charge in [0.05, 0.1) is 13.2 Å². The van der Waals surface area contributed by atoms with Gasteiger partial charge in [-0.15, -0.1) is 0 Å². The van der Waals surface area contributed by atoms with Gasteiger partial charge in [-0.1, -0.05) is 6.07 Å². The molecular weight excluding hydrogens is 382 g/mol. The van der Waals surface area contributed by atoms with Gasteiger partial charge >= 0.3 is 0 Å². The average molecular weight is 416 g/mol. The second kappa shape index (κ2) is 12.7. The summed E-state index contributed by atoms with van der Waals surface area (Å²) >= 11 is 0. The zero-order chi connectivity index (χ0) is 21.8. The summed E-state index contributed by atoms with van der Waals surface area (Å²) in [6.45, 7) is 9.88. The fourth-order valence-corrected chi connectivity index (χ4v) is 3.31. The van der Waals surface area contributed by atoms with Gasteiger partial charge < -0.3 is 25.4 Å². The molecule has 3 N–H and O–H groups in total. The van der Waals surface area contributed by atoms with E-state index in [4.69, 9.17) is 15.2 Å². The summed E-state index contributed by atoms with van der Waals surface area (Å²) in [5.41, 5.74) is 6.80. The van der Waals surface area contributed by atoms with Crippen LogP contribution in [0.1, 0.15) is 19.4 Å². The number of carbonyl (C=O) groups is 1. The van der Waals surface area contributed by atoms with Crippen LogP contribution >= 0.6 is 0 Å². The number of nitrogens with zero attached hydrogens (tertiary/aromatic N) is 3. The second-order valence-corrected chi connectivity index (χ2v) is 6.94. The minimum atomic E-state index is -0.225. The lowest BCUT2D eigenvalue weighted by Crippen LogP contribution is -2.50. The van der Waals surface area contributed by atoms with Crippen molar-refractivity contribution in [2.45, 2.75) is 20.3 Å². The number of nitrogens with two attached hydrogens (primary N) is 1. The van der Waals surface area contributed by atoms with Gasteiger partial charge in [-0.3, -0.25) is 9.69 Å². The summed E-state index contributed by atoms with van der Waals surface area (Å²) in [7, 11) is 0. The standard InChI is InChI=1S/C22H33N5O3/c1-3-29-20-6-5-18(15-21(20)30-4-2)7-9-25-17-19(16-24)22(28)27-13-11-26(10-8-23)12-14-27/h5-6,15,17,25H,3-4,7-14,23H2,1-2H3/b19-17-. The van der Waals surface area contributed by atoms with E-state index >= 15 is 0 Å². The molecule has 1 heterocycles. The molecule has 0 atom stereocenters. The third kappa shape index (κ3) is 6.94. The first-order valence-electron chi connectivity index (χ1n) is 10.6. The van der Waals surface area contributed by atoms with Crippen molar-refractivity contribution in [1.29, 1.82) is 5.26 Å². The Hall–Kier alpha value is -2.76. The Balaban J connectivity index is 1.87. The molecule has 0 unspecified atom stereocenters. The normalized spacial score (nSPS) is 14.9. The lowest BCUT2D eigenvalue weighted by Gasteiger charge is -2.34. The first-order chi connectivity index (χ1) is 14.6. The van der Waals surface area contributed by atoms with Crippen LogP contribution in [-0.4, -0.2) is 74.7 Å². The number of hydrogen-bond donors (Lipinski definition) is 2. The van der Waals surface area contributed by atoms with E-state index in [1.54, 1.807) is 4.90 Å². The van der Waals surface area contributed by atoms with E-state index in [1.807, 2.05) is 38.1 Å². The van der Waals surface area contributed by atoms with Crippen molar-refractivity contribution in [3.8, 4) is 17.6 Å². The molecule has 8 nitrogen and oxygen atoms in total. The number of amides is 1. The fourth-order valence-electron chi connectivity index (χ4n) is 3.31. The Morgan fingerprint density at radius 2 is 1.90 bits per heavy atom. The van der Waals surface area contributed by atoms with Crippen molar-refractivity contribution >= 4 is 5.91 Å². The maximum absolute atomic E-state index is 12.6. The predicted octanol–water partition coefficient (Wildman–Crippen LogP) is 1.13. The molecule has 1 aromatic carbocycles. The highest BCUT2D eigenvalue weighted by molar-refractivity contribution is 5.97. The summed E-state index contributed by atoms with van der Waals surface area (Å²) < 4.78 is 11.2. The quantitative estimate of drug-likeness (QED) is 0.317. The lowest BCUT2D eigenvalue weighted by atomic mass is 10.1. The Morgan fingerprint density at radius 3 is 2.53 bits per heavy atom. The molecule has 0 aromatic heterocycles. The number of rotatable bonds is 11. The minimum absolute atomic E-state index is 0.129. The van der Waals surface area contributed by atoms with Crippen molar-refractivity contribution in [3.05, 3.63) is 35.5 Å². The van der Waals surface area contributed by atoms with Crippen molar-refractivity contribution < 1.29 is 14.3 Å². The van der Waals surface area contributed by atoms with Gasteiger partial charge in [-0.2, -0.15) is 5.26 Å². The van der Waals surface area contributed by atoms with Crippen molar-refractivity contribution in [2.75, 3.05) is 59.0 Å². The SMILES string of the molecule is CCOc1ccc(CCN/C=C(/C#N)C(=O)N2CCN(CCN)CC2)cc1OCC. The highest BCUT2D eigenvalue weighted by Crippen LogP contribution is 2.28. The number of benzene rings is 1. The molecule has 0 aliphatic carbocycles. The molecule has 1 aliphatic rings. The predicted molar refractivity (Wildman–Crippen MR) is 116 cm³/mol. The zero-order valence-electron chi connectivity index (χ0n) is 18.0. The molecule has 8 heteroatoms. The van der Waals surface area contributed by atoms with Gasteiger partial charge in [0.1, 0.15) is 11.6 Å². The number of hydrogen-bond acceptors (Lipinski definition) is 7. The largest absolute Gasteiger partial charge is 0.490 e. The number of nitriles is 1. The van der Waals surface area contributed by atoms with Gasteiger partial charge in [0.2, 0.25) is 0 Å². The summed E-state index contributed by atoms with van der Waals surface area (Å²) in [5, 5.41) is 12.5. The van der Waals surface area contributed by atoms with Gasteiger partial charge in [0.15, 0.2) is 11.5 Å². The molecule has 30 heavy (non-hydrogen) atoms. The second-order valence-electron chi connectivity index (χ2n) is 6.94. The van der Waals surface area contributed by atoms with Crippen LogP contribution in [0.2, 0.25) is 0 Å². The first kappa shape index (κ1) is 23.5. The topological polar surface area (TPSA) is 104 Å². The van der Waals surface area contributed by atoms with Crippen molar-refractivity contribution in [1.82, 2.24) is 15.1 Å². The molecule has 1 aromatic rings. The van der Waals surface area contributed by atoms with Crippen LogP contribution < -0.4 is 20.5 Å². The Morgan fingerprint density at radius 1 is 1.20 bits per heavy atom. The molecule has 1 saturated heterocycles. The monoisotopic (exact) mass is 415 g/mol. The Kier molecular flexibility index (Phi) is 9.98. The minimum Gasteiger partial charge on any atom is -0.490 e. The maximum Gasteiger partial charge on any atom is 0.266 e. The van der Waals surface area contributed by atoms with Crippen LogP contribution in [0.3, 0.4) is 0 Å². The van der Waals surface area contributed by atoms with Crippen LogP contribution in [0.5, 0.6) is 11.5 Å². The molecule has 1 fully saturated rings. The lowest BCUT2D eigenvalue weighted by molar-refractivity contribution is -0.128. The molecule has 0 spiro atoms. The van der Waals surface area contributed by atoms with Crippen molar-refractivity contribution in [3.63, 3.8) is 0 Å². The molecule has 0 radical (unpaired) electrons. The molecule has 2 rings (SSSR count). The van der Waals surface area contributed by atoms with Gasteiger partial charge in [0, 0.05) is 52.0 Å². The number of ether oxygens (including phenoxy) is 2. The van der Waals surface area contributed by atoms with Gasteiger partial charge in [0.25, 0.3) is 5.91 Å². The smallest absolute Gasteiger partial charge is 0.266 e. The van der Waals surface area contributed by atoms with E-state index in [-0.39, 0.29) is 11.5 Å². The number of carbonyl (C=O) groups excluding carboxylic acids is 1. The summed E-state index contributed by atoms with van der Waals surface area (Å²) in [6, 6.07) is 7.90. The van der Waals surface area contributed by atoms with Crippen LogP contribution in [-0.2, 0) is 11.2 Å². The molecule has 0 bridgehead atoms. The highest BCUT2D eigenvalue weighted by Gasteiger charge is 2.23. The fraction of sp³-hybridized carbons (Fsp3) is 0.545. The molecular formula is C22H33N5O3. The Labute approximate surface area is 179 Å². The third-order valence-corrected chi connectivity index (χ3v) is 4.87. The van der Waals surface area contributed by atoms with Crippen LogP contribution in [0, 0.1) is 11.3 Å². The molecule has 1 amide bonds. The Bertz CT molecular complexity index is 752. The van der Waals surface area contributed by atoms with E-state index in [2.05, 4.69) is 10.2 Å². The summed E-state index contributed by atoms with van der Waals surface area (Å²) in [5.74, 6) is 1.24. The molecule has 164 valence electrons. The van der Waals surface area contributed by atoms with E-state index in [0.717, 1.165) is 43.1 Å². The number of piperazine rings is 1. The van der Waals surface area contributed by atoms with E-state index < -0.39 is 0 Å². The first-order valence-corrected chi connectivity index (χ1v) is 10.6. The molecule has 1 aliphatic heterocycles. The van der Waals surface area contributed by atoms with E-state index in [9.17, 15) is 10.1 Å². The van der Waals surface area contributed by atoms with Crippen LogP contribution in [0.25, 0.3) is 0 Å². The summed E-state index contributed by atoms with van der Waals surface area (Å²) in [4.78, 5) is 16.5. The van der Waals surface area contributed by atoms with Gasteiger partial charge in [-0.05, 0) is 38.0 Å². The maximum atomic E-state index is 12.6. The van der Waals surface area contributed by atoms with E-state index in [1.165, 1.54) is 6.20 Å². The zero-order valence-corrected chi connectivity index (χ0v) is 18.0. The van der Waals surface area contributed by atoms with Crippen molar-refractivity contribution in [2.24, 2.45) is 5.73 Å². The average Bonchev–Trinajstić information content (AvgIpc) is 2.76. The highest BCUT2D eigenvalue weighted by atomic mass is 16.5. The van der Waals surface area contributed by atoms with Crippen LogP contribution in [0.15, 0.2) is 30.0 Å². The third-order valence-electron chi connectivity index (χ3n) is 4.87. The summed E-state index contributed by atoms with van der Waals surface area (Å²) in [6.07, 6.45) is 2.25. The molecule has 0 saturated carbocycles. The van der Waals surface area contributed by atoms with Gasteiger partial charge in [-0.25, -0.2) is 0 Å².